The first-order valence-corrected chi connectivity index (χ1v) is 12.4. The standard InChI is InChI=1S/C30H27N5O2/c1-19-5-3-8-27(34-19)29-28(32-18-33-29)21-9-10-26-23(14-21)15-24(16-31-26)20-6-4-7-22(13-20)30(36)37-25-11-12-35(2)17-25/h3-10,13-16,18,25H,11-12,17H2,1-2H3,(H,32,33)/t25-/m1/s1. The number of nitrogens with one attached hydrogen (secondary N) is 1. The number of aryl methyl sites for hydroxylation is 1. The molecule has 1 aliphatic rings. The number of fused-ring (bicyclic) bond motifs is 1. The molecule has 7 heteroatoms. The predicted molar refractivity (Wildman–Crippen MR) is 144 cm³/mol. The van der Waals surface area contributed by atoms with Crippen molar-refractivity contribution in [1.82, 2.24) is 24.8 Å². The van der Waals surface area contributed by atoms with Gasteiger partial charge in [-0.25, -0.2) is 9.78 Å². The van der Waals surface area contributed by atoms with Gasteiger partial charge in [-0.2, -0.15) is 0 Å². The molecule has 6 rings (SSSR count). The Bertz CT molecular complexity index is 1610. The summed E-state index contributed by atoms with van der Waals surface area (Å²) < 4.78 is 5.73. The zero-order valence-corrected chi connectivity index (χ0v) is 20.8. The fourth-order valence-electron chi connectivity index (χ4n) is 4.86. The second-order valence-corrected chi connectivity index (χ2v) is 9.58. The molecule has 0 amide bonds. The van der Waals surface area contributed by atoms with Crippen molar-refractivity contribution in [3.63, 3.8) is 0 Å². The van der Waals surface area contributed by atoms with Crippen molar-refractivity contribution in [3.8, 4) is 33.8 Å². The van der Waals surface area contributed by atoms with Crippen LogP contribution < -0.4 is 0 Å². The van der Waals surface area contributed by atoms with Crippen molar-refractivity contribution >= 4 is 16.9 Å². The minimum atomic E-state index is -0.283. The minimum absolute atomic E-state index is 0.0520. The van der Waals surface area contributed by atoms with Crippen LogP contribution in [0.4, 0.5) is 0 Å². The predicted octanol–water partition coefficient (Wildman–Crippen LogP) is 5.52. The van der Waals surface area contributed by atoms with E-state index in [0.717, 1.165) is 69.9 Å². The first-order chi connectivity index (χ1) is 18.0. The summed E-state index contributed by atoms with van der Waals surface area (Å²) in [6.45, 7) is 3.70. The summed E-state index contributed by atoms with van der Waals surface area (Å²) in [6, 6.07) is 21.7. The van der Waals surface area contributed by atoms with Crippen molar-refractivity contribution in [3.05, 3.63) is 90.5 Å². The number of ether oxygens (including phenoxy) is 1. The second-order valence-electron chi connectivity index (χ2n) is 9.58. The molecule has 37 heavy (non-hydrogen) atoms. The minimum Gasteiger partial charge on any atom is -0.457 e. The van der Waals surface area contributed by atoms with Gasteiger partial charge in [0.05, 0.1) is 34.5 Å². The normalized spacial score (nSPS) is 15.8. The second kappa shape index (κ2) is 9.59. The molecule has 0 radical (unpaired) electrons. The van der Waals surface area contributed by atoms with E-state index < -0.39 is 0 Å². The van der Waals surface area contributed by atoms with Gasteiger partial charge in [-0.3, -0.25) is 9.97 Å². The van der Waals surface area contributed by atoms with Crippen LogP contribution >= 0.6 is 0 Å². The Balaban J connectivity index is 1.31. The third-order valence-electron chi connectivity index (χ3n) is 6.79. The molecule has 4 heterocycles. The van der Waals surface area contributed by atoms with Crippen molar-refractivity contribution in [2.75, 3.05) is 20.1 Å². The molecule has 7 nitrogen and oxygen atoms in total. The number of imidazole rings is 1. The maximum atomic E-state index is 12.8. The molecule has 0 saturated carbocycles. The van der Waals surface area contributed by atoms with Gasteiger partial charge in [-0.15, -0.1) is 0 Å². The third-order valence-corrected chi connectivity index (χ3v) is 6.79. The average molecular weight is 490 g/mol. The number of carbonyl (C=O) groups is 1. The highest BCUT2D eigenvalue weighted by Crippen LogP contribution is 2.31. The first kappa shape index (κ1) is 23.1. The maximum absolute atomic E-state index is 12.8. The summed E-state index contributed by atoms with van der Waals surface area (Å²) in [5, 5.41) is 0.989. The maximum Gasteiger partial charge on any atom is 0.338 e. The topological polar surface area (TPSA) is 84.0 Å². The van der Waals surface area contributed by atoms with Crippen LogP contribution in [-0.4, -0.2) is 57.0 Å². The SMILES string of the molecule is Cc1cccc(-c2[nH]cnc2-c2ccc3ncc(-c4cccc(C(=O)O[C@@H]5CCN(C)C5)c4)cc3c2)n1. The number of likely N-dealkylation sites (tertiary alicyclic amines) is 1. The van der Waals surface area contributed by atoms with Gasteiger partial charge >= 0.3 is 5.97 Å². The monoisotopic (exact) mass is 489 g/mol. The van der Waals surface area contributed by atoms with Crippen LogP contribution in [0, 0.1) is 6.92 Å². The number of aromatic amines is 1. The highest BCUT2D eigenvalue weighted by molar-refractivity contribution is 5.93. The summed E-state index contributed by atoms with van der Waals surface area (Å²) >= 11 is 0. The Labute approximate surface area is 215 Å². The smallest absolute Gasteiger partial charge is 0.338 e. The number of aromatic nitrogens is 4. The molecule has 0 aliphatic carbocycles. The quantitative estimate of drug-likeness (QED) is 0.327. The molecule has 1 aliphatic heterocycles. The third kappa shape index (κ3) is 4.73. The van der Waals surface area contributed by atoms with Gasteiger partial charge in [0, 0.05) is 41.5 Å². The molecule has 1 N–H and O–H groups in total. The highest BCUT2D eigenvalue weighted by atomic mass is 16.5. The van der Waals surface area contributed by atoms with Gasteiger partial charge in [0.2, 0.25) is 0 Å². The number of benzene rings is 2. The fourth-order valence-corrected chi connectivity index (χ4v) is 4.86. The molecule has 1 fully saturated rings. The van der Waals surface area contributed by atoms with E-state index >= 15 is 0 Å². The zero-order chi connectivity index (χ0) is 25.4. The molecule has 5 aromatic rings. The molecule has 2 aromatic carbocycles. The number of hydrogen-bond acceptors (Lipinski definition) is 6. The number of pyridine rings is 2. The summed E-state index contributed by atoms with van der Waals surface area (Å²) in [4.78, 5) is 32.1. The van der Waals surface area contributed by atoms with E-state index in [1.165, 1.54) is 0 Å². The number of carbonyl (C=O) groups excluding carboxylic acids is 1. The summed E-state index contributed by atoms with van der Waals surface area (Å²) in [5.74, 6) is -0.283. The van der Waals surface area contributed by atoms with Gasteiger partial charge in [0.1, 0.15) is 6.10 Å². The number of rotatable bonds is 5. The largest absolute Gasteiger partial charge is 0.457 e. The average Bonchev–Trinajstić information content (AvgIpc) is 3.57. The van der Waals surface area contributed by atoms with Crippen LogP contribution in [0.2, 0.25) is 0 Å². The zero-order valence-electron chi connectivity index (χ0n) is 20.8. The van der Waals surface area contributed by atoms with Crippen LogP contribution in [0.1, 0.15) is 22.5 Å². The van der Waals surface area contributed by atoms with Crippen LogP contribution in [0.5, 0.6) is 0 Å². The molecule has 184 valence electrons. The van der Waals surface area contributed by atoms with Gasteiger partial charge in [0.15, 0.2) is 0 Å². The molecule has 0 spiro atoms. The lowest BCUT2D eigenvalue weighted by Crippen LogP contribution is -2.22. The van der Waals surface area contributed by atoms with Crippen LogP contribution in [0.25, 0.3) is 44.7 Å². The van der Waals surface area contributed by atoms with E-state index in [1.807, 2.05) is 68.7 Å². The Morgan fingerprint density at radius 2 is 1.86 bits per heavy atom. The Morgan fingerprint density at radius 3 is 2.70 bits per heavy atom. The van der Waals surface area contributed by atoms with Gasteiger partial charge in [0.25, 0.3) is 0 Å². The Morgan fingerprint density at radius 1 is 1.00 bits per heavy atom. The Hall–Kier alpha value is -4.36. The highest BCUT2D eigenvalue weighted by Gasteiger charge is 2.23. The molecular formula is C30H27N5O2. The van der Waals surface area contributed by atoms with Gasteiger partial charge in [-0.1, -0.05) is 24.3 Å². The Kier molecular flexibility index (Phi) is 5.98. The first-order valence-electron chi connectivity index (χ1n) is 12.4. The van der Waals surface area contributed by atoms with E-state index in [9.17, 15) is 4.79 Å². The molecule has 1 atom stereocenters. The van der Waals surface area contributed by atoms with E-state index in [-0.39, 0.29) is 12.1 Å². The molecule has 0 bridgehead atoms. The van der Waals surface area contributed by atoms with E-state index in [1.54, 1.807) is 12.4 Å². The van der Waals surface area contributed by atoms with Crippen LogP contribution in [0.3, 0.4) is 0 Å². The van der Waals surface area contributed by atoms with E-state index in [2.05, 4.69) is 37.0 Å². The van der Waals surface area contributed by atoms with Crippen LogP contribution in [-0.2, 0) is 4.74 Å². The van der Waals surface area contributed by atoms with E-state index in [0.29, 0.717) is 5.56 Å². The molecule has 0 unspecified atom stereocenters. The summed E-state index contributed by atoms with van der Waals surface area (Å²) in [5.41, 5.74) is 7.79. The fraction of sp³-hybridized carbons (Fsp3) is 0.200. The number of hydrogen-bond donors (Lipinski definition) is 1. The van der Waals surface area contributed by atoms with Gasteiger partial charge < -0.3 is 14.6 Å². The number of likely N-dealkylation sites (N-methyl/N-ethyl adjacent to an activating group) is 1. The van der Waals surface area contributed by atoms with Crippen molar-refractivity contribution < 1.29 is 9.53 Å². The van der Waals surface area contributed by atoms with Gasteiger partial charge in [-0.05, 0) is 68.4 Å². The summed E-state index contributed by atoms with van der Waals surface area (Å²) in [7, 11) is 2.04. The molecular weight excluding hydrogens is 462 g/mol. The number of esters is 1. The molecule has 1 saturated heterocycles. The van der Waals surface area contributed by atoms with Crippen molar-refractivity contribution in [2.24, 2.45) is 0 Å². The lowest BCUT2D eigenvalue weighted by atomic mass is 10.0. The van der Waals surface area contributed by atoms with Crippen LogP contribution in [0.15, 0.2) is 79.3 Å². The van der Waals surface area contributed by atoms with Crippen molar-refractivity contribution in [1.29, 1.82) is 0 Å². The summed E-state index contributed by atoms with van der Waals surface area (Å²) in [6.07, 6.45) is 4.36. The van der Waals surface area contributed by atoms with E-state index in [4.69, 9.17) is 4.74 Å². The lowest BCUT2D eigenvalue weighted by Gasteiger charge is -2.13. The number of nitrogens with zero attached hydrogens (tertiary/aromatic N) is 4. The number of H-pyrrole nitrogens is 1. The lowest BCUT2D eigenvalue weighted by molar-refractivity contribution is 0.0327. The van der Waals surface area contributed by atoms with Crippen molar-refractivity contribution in [2.45, 2.75) is 19.4 Å². The molecule has 3 aromatic heterocycles.